The molecule has 0 aliphatic heterocycles. The fraction of sp³-hybridized carbons (Fsp3) is 0.889. The van der Waals surface area contributed by atoms with Gasteiger partial charge in [0.25, 0.3) is 0 Å². The highest BCUT2D eigenvalue weighted by molar-refractivity contribution is 7.99. The topological polar surface area (TPSA) is 369 Å². The van der Waals surface area contributed by atoms with Crippen molar-refractivity contribution in [2.45, 2.75) is 410 Å². The van der Waals surface area contributed by atoms with E-state index in [1.807, 2.05) is 0 Å². The maximum absolute atomic E-state index is 14.5. The summed E-state index contributed by atoms with van der Waals surface area (Å²) in [5, 5.41) is 27.3. The molecule has 0 aromatic heterocycles. The molecule has 0 saturated heterocycles. The summed E-state index contributed by atoms with van der Waals surface area (Å²) >= 11 is 1.21. The Balaban J connectivity index is 6.58. The van der Waals surface area contributed by atoms with Crippen molar-refractivity contribution in [3.05, 3.63) is 0 Å². The number of nitrogens with two attached hydrogens (primary N) is 4. The van der Waals surface area contributed by atoms with Crippen molar-refractivity contribution >= 4 is 65.4 Å². The van der Waals surface area contributed by atoms with Crippen LogP contribution in [0.5, 0.6) is 0 Å². The average Bonchev–Trinajstić information content (AvgIpc) is 0.866. The molecule has 6 amide bonds. The molecule has 22 nitrogen and oxygen atoms in total. The van der Waals surface area contributed by atoms with Crippen LogP contribution in [0.3, 0.4) is 0 Å². The predicted octanol–water partition coefficient (Wildman–Crippen LogP) is 13.2. The second-order valence-electron chi connectivity index (χ2n) is 29.2. The van der Waals surface area contributed by atoms with Gasteiger partial charge in [-0.1, -0.05) is 252 Å². The van der Waals surface area contributed by atoms with E-state index in [-0.39, 0.29) is 75.1 Å². The normalized spacial score (nSPS) is 13.4. The lowest BCUT2D eigenvalue weighted by Gasteiger charge is -2.27. The van der Waals surface area contributed by atoms with Crippen LogP contribution in [0.1, 0.15) is 367 Å². The molecule has 0 aromatic carbocycles. The van der Waals surface area contributed by atoms with Gasteiger partial charge in [-0.15, -0.1) is 0 Å². The number of unbranched alkanes of at least 4 members (excludes halogenated alkanes) is 40. The monoisotopic (exact) mass is 1490 g/mol. The first-order valence-electron chi connectivity index (χ1n) is 42.3. The number of rotatable bonds is 78. The third kappa shape index (κ3) is 59.6. The van der Waals surface area contributed by atoms with E-state index in [9.17, 15) is 48.3 Å². The largest absolute Gasteiger partial charge is 0.462 e. The van der Waals surface area contributed by atoms with E-state index >= 15 is 0 Å². The Hall–Kier alpha value is -4.42. The molecule has 7 atom stereocenters. The zero-order valence-corrected chi connectivity index (χ0v) is 66.9. The fourth-order valence-corrected chi connectivity index (χ4v) is 13.8. The predicted molar refractivity (Wildman–Crippen MR) is 425 cm³/mol. The Bertz CT molecular complexity index is 2120. The van der Waals surface area contributed by atoms with Gasteiger partial charge in [0, 0.05) is 30.8 Å². The van der Waals surface area contributed by atoms with E-state index in [2.05, 4.69) is 52.7 Å². The van der Waals surface area contributed by atoms with Crippen molar-refractivity contribution < 1.29 is 57.7 Å². The molecule has 3 unspecified atom stereocenters. The van der Waals surface area contributed by atoms with E-state index in [0.717, 1.165) is 64.2 Å². The number of aliphatic hydroxyl groups excluding tert-OH is 1. The summed E-state index contributed by atoms with van der Waals surface area (Å²) in [7, 11) is 0. The molecule has 0 saturated carbocycles. The van der Waals surface area contributed by atoms with Gasteiger partial charge < -0.3 is 74.2 Å². The highest BCUT2D eigenvalue weighted by Crippen LogP contribution is 2.19. The molecule has 0 bridgehead atoms. The number of nitrogens with one attached hydrogen (secondary N) is 6. The van der Waals surface area contributed by atoms with Gasteiger partial charge in [-0.25, -0.2) is 0 Å². The Kier molecular flexibility index (Phi) is 70.9. The van der Waals surface area contributed by atoms with Crippen molar-refractivity contribution in [3.63, 3.8) is 0 Å². The number of carbonyl (C=O) groups excluding carboxylic acids is 9. The molecule has 608 valence electrons. The van der Waals surface area contributed by atoms with E-state index in [1.54, 1.807) is 0 Å². The van der Waals surface area contributed by atoms with Gasteiger partial charge in [-0.3, -0.25) is 38.4 Å². The lowest BCUT2D eigenvalue weighted by Crippen LogP contribution is -2.60. The van der Waals surface area contributed by atoms with Crippen LogP contribution in [0.15, 0.2) is 0 Å². The van der Waals surface area contributed by atoms with Gasteiger partial charge in [-0.2, -0.15) is 11.8 Å². The molecule has 0 rings (SSSR count). The maximum Gasteiger partial charge on any atom is 0.306 e. The first kappa shape index (κ1) is 99.6. The van der Waals surface area contributed by atoms with Crippen molar-refractivity contribution in [1.82, 2.24) is 31.9 Å². The Morgan fingerprint density at radius 3 is 0.981 bits per heavy atom. The summed E-state index contributed by atoms with van der Waals surface area (Å²) < 4.78 is 11.8. The zero-order valence-electron chi connectivity index (χ0n) is 66.1. The van der Waals surface area contributed by atoms with Crippen molar-refractivity contribution in [2.75, 3.05) is 50.9 Å². The van der Waals surface area contributed by atoms with Gasteiger partial charge in [-0.05, 0) is 122 Å². The van der Waals surface area contributed by atoms with Gasteiger partial charge in [0.2, 0.25) is 35.4 Å². The SMILES string of the molecule is CCCCCCCCCCCCCCCC(=O)NC(CSC[C@@H](COC(=O)CCCCCCCCCCCCCCC)OC(=O)CCCCCCCCCCCCCCC)C(=O)N[C@@H](CO)C(=O)NC(CCCCN)C(=O)N[C@@H](CCCCN)C(=O)NC(CCCCN)C(=O)N[C@H](C=O)CCCCN. The van der Waals surface area contributed by atoms with Crippen LogP contribution >= 0.6 is 11.8 Å². The van der Waals surface area contributed by atoms with E-state index in [0.29, 0.717) is 103 Å². The summed E-state index contributed by atoms with van der Waals surface area (Å²) in [6, 6.07) is -7.20. The first-order valence-corrected chi connectivity index (χ1v) is 43.4. The second kappa shape index (κ2) is 74.1. The quantitative estimate of drug-likeness (QED) is 0.0153. The molecule has 15 N–H and O–H groups in total. The summed E-state index contributed by atoms with van der Waals surface area (Å²) in [6.07, 6.45) is 50.4. The smallest absolute Gasteiger partial charge is 0.306 e. The van der Waals surface area contributed by atoms with Crippen LogP contribution in [0, 0.1) is 0 Å². The fourth-order valence-electron chi connectivity index (χ4n) is 12.8. The molecule has 0 fully saturated rings. The number of amides is 6. The van der Waals surface area contributed by atoms with Crippen molar-refractivity contribution in [1.29, 1.82) is 0 Å². The van der Waals surface area contributed by atoms with E-state index < -0.39 is 84.5 Å². The van der Waals surface area contributed by atoms with Gasteiger partial charge in [0.1, 0.15) is 49.2 Å². The Labute approximate surface area is 635 Å². The minimum Gasteiger partial charge on any atom is -0.462 e. The summed E-state index contributed by atoms with van der Waals surface area (Å²) in [5.41, 5.74) is 23.1. The maximum atomic E-state index is 14.5. The van der Waals surface area contributed by atoms with Crippen molar-refractivity contribution in [2.24, 2.45) is 22.9 Å². The number of thioether (sulfide) groups is 1. The third-order valence-corrected chi connectivity index (χ3v) is 20.6. The number of carbonyl (C=O) groups is 9. The molecule has 0 aromatic rings. The molecule has 0 aliphatic rings. The zero-order chi connectivity index (χ0) is 76.6. The second-order valence-corrected chi connectivity index (χ2v) is 30.3. The van der Waals surface area contributed by atoms with Crippen molar-refractivity contribution in [3.8, 4) is 0 Å². The van der Waals surface area contributed by atoms with Crippen LogP contribution < -0.4 is 54.8 Å². The Morgan fingerprint density at radius 1 is 0.337 bits per heavy atom. The number of hydrogen-bond acceptors (Lipinski definition) is 17. The number of ether oxygens (including phenoxy) is 2. The van der Waals surface area contributed by atoms with Crippen LogP contribution in [-0.4, -0.2) is 152 Å². The van der Waals surface area contributed by atoms with Gasteiger partial charge in [0.05, 0.1) is 12.6 Å². The minimum absolute atomic E-state index is 0.0461. The van der Waals surface area contributed by atoms with Crippen LogP contribution in [0.4, 0.5) is 0 Å². The number of aliphatic hydroxyl groups is 1. The molecule has 0 spiro atoms. The molecule has 0 aliphatic carbocycles. The highest BCUT2D eigenvalue weighted by atomic mass is 32.2. The van der Waals surface area contributed by atoms with Crippen LogP contribution in [0.25, 0.3) is 0 Å². The molecule has 0 heterocycles. The summed E-state index contributed by atoms with van der Waals surface area (Å²) in [4.78, 5) is 124. The first-order chi connectivity index (χ1) is 50.7. The molecular formula is C81H156N10O12S. The standard InChI is InChI=1S/C81H156N10O12S/c1-4-7-10-13-16-19-22-25-28-31-34-37-40-55-74(94)87-73(66-104-65-68(103-76(96)57-42-39-36-33-30-27-24-21-18-15-12-9-6-3)64-102-75(95)56-41-38-35-32-29-26-23-20-17-14-11-8-5-2)81(101)91-72(63-93)80(100)90-71(54-46-50-61-85)79(99)89-70(53-45-49-60-84)78(98)88-69(52-44-48-59-83)77(97)86-67(62-92)51-43-47-58-82/h62,67-73,93H,4-61,63-66,82-85H2,1-3H3,(H,86,97)(H,87,94)(H,88,98)(H,89,99)(H,90,100)(H,91,101)/t67-,68+,69?,70-,71?,72-,73?/m0/s1. The lowest BCUT2D eigenvalue weighted by molar-refractivity contribution is -0.157. The molecule has 0 radical (unpaired) electrons. The summed E-state index contributed by atoms with van der Waals surface area (Å²) in [6.45, 7) is 7.00. The van der Waals surface area contributed by atoms with Gasteiger partial charge >= 0.3 is 11.9 Å². The van der Waals surface area contributed by atoms with Crippen LogP contribution in [-0.2, 0) is 52.6 Å². The number of esters is 2. The highest BCUT2D eigenvalue weighted by Gasteiger charge is 2.33. The summed E-state index contributed by atoms with van der Waals surface area (Å²) in [5.74, 6) is -4.78. The number of aldehydes is 1. The Morgan fingerprint density at radius 2 is 0.635 bits per heavy atom. The average molecular weight is 1490 g/mol. The van der Waals surface area contributed by atoms with E-state index in [1.165, 1.54) is 179 Å². The molecular weight excluding hydrogens is 1340 g/mol. The molecule has 23 heteroatoms. The minimum atomic E-state index is -1.60. The molecule has 104 heavy (non-hydrogen) atoms. The van der Waals surface area contributed by atoms with Crippen LogP contribution in [0.2, 0.25) is 0 Å². The lowest BCUT2D eigenvalue weighted by atomic mass is 10.0. The van der Waals surface area contributed by atoms with Gasteiger partial charge in [0.15, 0.2) is 0 Å². The third-order valence-electron chi connectivity index (χ3n) is 19.5. The van der Waals surface area contributed by atoms with E-state index in [4.69, 9.17) is 32.4 Å². The number of hydrogen-bond donors (Lipinski definition) is 11.